The second-order valence-corrected chi connectivity index (χ2v) is 7.37. The molecule has 0 unspecified atom stereocenters. The van der Waals surface area contributed by atoms with Crippen molar-refractivity contribution in [3.8, 4) is 0 Å². The van der Waals surface area contributed by atoms with Crippen LogP contribution in [0.5, 0.6) is 0 Å². The van der Waals surface area contributed by atoms with Crippen molar-refractivity contribution in [1.29, 1.82) is 0 Å². The predicted octanol–water partition coefficient (Wildman–Crippen LogP) is 0.900. The summed E-state index contributed by atoms with van der Waals surface area (Å²) in [5.74, 6) is -0.442. The third-order valence-electron chi connectivity index (χ3n) is 3.83. The van der Waals surface area contributed by atoms with Crippen LogP contribution in [0, 0.1) is 12.8 Å². The van der Waals surface area contributed by atoms with E-state index in [9.17, 15) is 13.2 Å². The summed E-state index contributed by atoms with van der Waals surface area (Å²) in [6, 6.07) is 4.60. The first-order chi connectivity index (χ1) is 9.78. The van der Waals surface area contributed by atoms with Crippen LogP contribution in [0.15, 0.2) is 23.1 Å². The largest absolute Gasteiger partial charge is 0.399 e. The fraction of sp³-hybridized carbons (Fsp3) is 0.500. The van der Waals surface area contributed by atoms with Gasteiger partial charge in [-0.1, -0.05) is 0 Å². The van der Waals surface area contributed by atoms with Gasteiger partial charge in [0.25, 0.3) is 0 Å². The van der Waals surface area contributed by atoms with Gasteiger partial charge >= 0.3 is 0 Å². The number of aryl methyl sites for hydroxylation is 1. The second kappa shape index (κ2) is 6.03. The molecular formula is C14H21N3O3S. The van der Waals surface area contributed by atoms with Gasteiger partial charge in [0.05, 0.1) is 4.90 Å². The molecule has 0 atom stereocenters. The van der Waals surface area contributed by atoms with E-state index >= 15 is 0 Å². The van der Waals surface area contributed by atoms with Crippen molar-refractivity contribution in [3.63, 3.8) is 0 Å². The number of carbonyl (C=O) groups is 1. The van der Waals surface area contributed by atoms with E-state index in [-0.39, 0.29) is 22.8 Å². The molecule has 0 saturated heterocycles. The summed E-state index contributed by atoms with van der Waals surface area (Å²) in [5, 5.41) is 0. The fourth-order valence-corrected chi connectivity index (χ4v) is 4.16. The number of nitrogens with two attached hydrogens (primary N) is 2. The molecule has 0 bridgehead atoms. The molecule has 0 spiro atoms. The van der Waals surface area contributed by atoms with Gasteiger partial charge < -0.3 is 11.5 Å². The van der Waals surface area contributed by atoms with E-state index < -0.39 is 10.0 Å². The molecule has 1 saturated carbocycles. The molecule has 21 heavy (non-hydrogen) atoms. The van der Waals surface area contributed by atoms with Gasteiger partial charge in [-0.2, -0.15) is 0 Å². The molecule has 116 valence electrons. The third-order valence-corrected chi connectivity index (χ3v) is 5.33. The van der Waals surface area contributed by atoms with E-state index in [4.69, 9.17) is 11.5 Å². The Morgan fingerprint density at radius 2 is 1.81 bits per heavy atom. The molecule has 2 rings (SSSR count). The third kappa shape index (κ3) is 3.95. The summed E-state index contributed by atoms with van der Waals surface area (Å²) in [5.41, 5.74) is 12.2. The van der Waals surface area contributed by atoms with Crippen LogP contribution < -0.4 is 16.2 Å². The topological polar surface area (TPSA) is 115 Å². The lowest BCUT2D eigenvalue weighted by Crippen LogP contribution is -2.39. The number of amides is 1. The van der Waals surface area contributed by atoms with Crippen molar-refractivity contribution in [1.82, 2.24) is 4.72 Å². The lowest BCUT2D eigenvalue weighted by Gasteiger charge is -2.27. The molecule has 7 heteroatoms. The molecule has 5 N–H and O–H groups in total. The number of nitrogen functional groups attached to an aromatic ring is 1. The van der Waals surface area contributed by atoms with Gasteiger partial charge in [0.2, 0.25) is 15.9 Å². The number of benzene rings is 1. The molecule has 1 fully saturated rings. The van der Waals surface area contributed by atoms with Gasteiger partial charge in [-0.3, -0.25) is 4.79 Å². The summed E-state index contributed by atoms with van der Waals surface area (Å²) in [6.07, 6.45) is 2.49. The molecule has 1 aliphatic carbocycles. The van der Waals surface area contributed by atoms with Crippen LogP contribution in [-0.2, 0) is 14.8 Å². The van der Waals surface area contributed by atoms with E-state index in [1.807, 2.05) is 0 Å². The van der Waals surface area contributed by atoms with Crippen LogP contribution in [0.25, 0.3) is 0 Å². The summed E-state index contributed by atoms with van der Waals surface area (Å²) >= 11 is 0. The van der Waals surface area contributed by atoms with Crippen molar-refractivity contribution in [2.24, 2.45) is 11.7 Å². The molecule has 1 aliphatic rings. The Bertz CT molecular complexity index is 615. The normalized spacial score (nSPS) is 22.9. The Hall–Kier alpha value is -1.60. The minimum atomic E-state index is -3.59. The quantitative estimate of drug-likeness (QED) is 0.716. The van der Waals surface area contributed by atoms with E-state index in [1.54, 1.807) is 19.1 Å². The Morgan fingerprint density at radius 3 is 2.33 bits per heavy atom. The Morgan fingerprint density at radius 1 is 1.19 bits per heavy atom. The predicted molar refractivity (Wildman–Crippen MR) is 80.9 cm³/mol. The number of primary amides is 1. The molecule has 0 radical (unpaired) electrons. The fourth-order valence-electron chi connectivity index (χ4n) is 2.71. The Balaban J connectivity index is 2.07. The van der Waals surface area contributed by atoms with Crippen LogP contribution in [0.2, 0.25) is 0 Å². The first-order valence-electron chi connectivity index (χ1n) is 6.97. The molecule has 0 heterocycles. The molecule has 0 aromatic heterocycles. The van der Waals surface area contributed by atoms with E-state index in [0.717, 1.165) is 5.56 Å². The molecule has 1 aromatic carbocycles. The first-order valence-corrected chi connectivity index (χ1v) is 8.45. The summed E-state index contributed by atoms with van der Waals surface area (Å²) in [6.45, 7) is 1.80. The van der Waals surface area contributed by atoms with Crippen LogP contribution >= 0.6 is 0 Å². The van der Waals surface area contributed by atoms with Gasteiger partial charge in [-0.05, 0) is 56.4 Å². The molecule has 6 nitrogen and oxygen atoms in total. The average molecular weight is 311 g/mol. The van der Waals surface area contributed by atoms with Gasteiger partial charge in [-0.25, -0.2) is 13.1 Å². The lowest BCUT2D eigenvalue weighted by atomic mass is 9.86. The molecule has 0 aliphatic heterocycles. The monoisotopic (exact) mass is 311 g/mol. The summed E-state index contributed by atoms with van der Waals surface area (Å²) in [4.78, 5) is 11.3. The maximum atomic E-state index is 12.4. The van der Waals surface area contributed by atoms with Crippen molar-refractivity contribution < 1.29 is 13.2 Å². The van der Waals surface area contributed by atoms with Crippen LogP contribution in [0.4, 0.5) is 5.69 Å². The highest BCUT2D eigenvalue weighted by atomic mass is 32.2. The van der Waals surface area contributed by atoms with Crippen molar-refractivity contribution in [3.05, 3.63) is 23.8 Å². The van der Waals surface area contributed by atoms with Gasteiger partial charge in [0.1, 0.15) is 0 Å². The summed E-state index contributed by atoms with van der Waals surface area (Å²) in [7, 11) is -3.59. The second-order valence-electron chi connectivity index (χ2n) is 5.65. The number of carbonyl (C=O) groups excluding carboxylic acids is 1. The smallest absolute Gasteiger partial charge is 0.240 e. The Labute approximate surface area is 124 Å². The average Bonchev–Trinajstić information content (AvgIpc) is 2.37. The first kappa shape index (κ1) is 15.8. The zero-order valence-corrected chi connectivity index (χ0v) is 12.8. The number of hydrogen-bond donors (Lipinski definition) is 3. The van der Waals surface area contributed by atoms with E-state index in [0.29, 0.717) is 31.4 Å². The minimum Gasteiger partial charge on any atom is -0.399 e. The Kier molecular flexibility index (Phi) is 4.53. The number of hydrogen-bond acceptors (Lipinski definition) is 4. The van der Waals surface area contributed by atoms with Crippen LogP contribution in [0.3, 0.4) is 0 Å². The highest BCUT2D eigenvalue weighted by molar-refractivity contribution is 7.89. The number of rotatable bonds is 4. The minimum absolute atomic E-state index is 0.139. The molecular weight excluding hydrogens is 290 g/mol. The van der Waals surface area contributed by atoms with E-state index in [1.165, 1.54) is 6.07 Å². The molecule has 1 amide bonds. The highest BCUT2D eigenvalue weighted by Gasteiger charge is 2.28. The highest BCUT2D eigenvalue weighted by Crippen LogP contribution is 2.25. The van der Waals surface area contributed by atoms with Gasteiger partial charge in [-0.15, -0.1) is 0 Å². The molecule has 1 aromatic rings. The SMILES string of the molecule is Cc1cc(N)cc(S(=O)(=O)NC2CCC(C(N)=O)CC2)c1. The van der Waals surface area contributed by atoms with Crippen molar-refractivity contribution >= 4 is 21.6 Å². The van der Waals surface area contributed by atoms with Crippen molar-refractivity contribution in [2.75, 3.05) is 5.73 Å². The van der Waals surface area contributed by atoms with Gasteiger partial charge in [0, 0.05) is 17.6 Å². The zero-order chi connectivity index (χ0) is 15.6. The summed E-state index contributed by atoms with van der Waals surface area (Å²) < 4.78 is 27.4. The van der Waals surface area contributed by atoms with E-state index in [2.05, 4.69) is 4.72 Å². The zero-order valence-electron chi connectivity index (χ0n) is 12.0. The van der Waals surface area contributed by atoms with Crippen molar-refractivity contribution in [2.45, 2.75) is 43.5 Å². The maximum absolute atomic E-state index is 12.4. The maximum Gasteiger partial charge on any atom is 0.240 e. The number of sulfonamides is 1. The van der Waals surface area contributed by atoms with Crippen LogP contribution in [0.1, 0.15) is 31.2 Å². The standard InChI is InChI=1S/C14H21N3O3S/c1-9-6-11(15)8-13(7-9)21(19,20)17-12-4-2-10(3-5-12)14(16)18/h6-8,10,12,17H,2-5,15H2,1H3,(H2,16,18). The lowest BCUT2D eigenvalue weighted by molar-refractivity contribution is -0.122. The number of nitrogens with one attached hydrogen (secondary N) is 1. The van der Waals surface area contributed by atoms with Crippen LogP contribution in [-0.4, -0.2) is 20.4 Å². The number of anilines is 1. The van der Waals surface area contributed by atoms with Gasteiger partial charge in [0.15, 0.2) is 0 Å².